The van der Waals surface area contributed by atoms with E-state index in [0.29, 0.717) is 6.42 Å². The van der Waals surface area contributed by atoms with Crippen LogP contribution in [0.2, 0.25) is 0 Å². The van der Waals surface area contributed by atoms with Gasteiger partial charge in [0.25, 0.3) is 0 Å². The fraction of sp³-hybridized carbons (Fsp3) is 0.400. The molecule has 1 aliphatic carbocycles. The summed E-state index contributed by atoms with van der Waals surface area (Å²) >= 11 is 0. The lowest BCUT2D eigenvalue weighted by Crippen LogP contribution is -2.50. The molecule has 1 unspecified atom stereocenters. The number of aliphatic carboxylic acids is 1. The van der Waals surface area contributed by atoms with Crippen molar-refractivity contribution in [2.45, 2.75) is 25.3 Å². The minimum Gasteiger partial charge on any atom is -0.481 e. The molecule has 1 fully saturated rings. The molecular formula is C25H28N2O6. The number of hydrogen-bond acceptors (Lipinski definition) is 5. The van der Waals surface area contributed by atoms with E-state index in [-0.39, 0.29) is 44.7 Å². The molecule has 0 aromatic heterocycles. The number of carbonyl (C=O) groups excluding carboxylic acids is 2. The van der Waals surface area contributed by atoms with Crippen molar-refractivity contribution < 1.29 is 29.0 Å². The minimum absolute atomic E-state index is 0.0526. The molecule has 1 heterocycles. The summed E-state index contributed by atoms with van der Waals surface area (Å²) in [5.74, 6) is -2.20. The molecule has 2 atom stereocenters. The molecule has 1 saturated heterocycles. The van der Waals surface area contributed by atoms with Crippen molar-refractivity contribution in [3.63, 3.8) is 0 Å². The molecule has 8 nitrogen and oxygen atoms in total. The van der Waals surface area contributed by atoms with Crippen molar-refractivity contribution in [3.05, 3.63) is 59.7 Å². The van der Waals surface area contributed by atoms with E-state index in [4.69, 9.17) is 9.47 Å². The van der Waals surface area contributed by atoms with Crippen molar-refractivity contribution in [2.75, 3.05) is 32.9 Å². The Balaban J connectivity index is 1.39. The van der Waals surface area contributed by atoms with E-state index in [1.165, 1.54) is 4.90 Å². The molecule has 1 aliphatic heterocycles. The number of benzene rings is 2. The van der Waals surface area contributed by atoms with Crippen LogP contribution in [0.5, 0.6) is 0 Å². The van der Waals surface area contributed by atoms with Crippen LogP contribution in [0.15, 0.2) is 48.5 Å². The summed E-state index contributed by atoms with van der Waals surface area (Å²) in [4.78, 5) is 38.4. The van der Waals surface area contributed by atoms with Crippen molar-refractivity contribution in [3.8, 4) is 11.1 Å². The second kappa shape index (κ2) is 10.0. The van der Waals surface area contributed by atoms with Crippen LogP contribution in [0.25, 0.3) is 11.1 Å². The summed E-state index contributed by atoms with van der Waals surface area (Å²) in [5.41, 5.74) is 4.50. The van der Waals surface area contributed by atoms with Gasteiger partial charge in [0.15, 0.2) is 0 Å². The fourth-order valence-electron chi connectivity index (χ4n) is 4.50. The van der Waals surface area contributed by atoms with Gasteiger partial charge in [-0.2, -0.15) is 0 Å². The average Bonchev–Trinajstić information content (AvgIpc) is 2.96. The highest BCUT2D eigenvalue weighted by molar-refractivity contribution is 5.86. The van der Waals surface area contributed by atoms with Crippen LogP contribution in [-0.2, 0) is 19.1 Å². The zero-order chi connectivity index (χ0) is 23.4. The van der Waals surface area contributed by atoms with Crippen molar-refractivity contribution in [1.29, 1.82) is 0 Å². The average molecular weight is 453 g/mol. The van der Waals surface area contributed by atoms with Gasteiger partial charge in [0.2, 0.25) is 5.91 Å². The summed E-state index contributed by atoms with van der Waals surface area (Å²) in [5, 5.41) is 12.0. The number of alkyl carbamates (subject to hydrolysis) is 1. The molecule has 33 heavy (non-hydrogen) atoms. The number of fused-ring (bicyclic) bond motifs is 3. The van der Waals surface area contributed by atoms with Gasteiger partial charge in [-0.25, -0.2) is 4.79 Å². The van der Waals surface area contributed by atoms with Crippen LogP contribution in [0.1, 0.15) is 30.4 Å². The Bertz CT molecular complexity index is 994. The zero-order valence-corrected chi connectivity index (χ0v) is 18.5. The van der Waals surface area contributed by atoms with Gasteiger partial charge in [-0.15, -0.1) is 0 Å². The molecule has 2 amide bonds. The lowest BCUT2D eigenvalue weighted by atomic mass is 9.98. The lowest BCUT2D eigenvalue weighted by molar-refractivity contribution is -0.144. The van der Waals surface area contributed by atoms with E-state index in [0.717, 1.165) is 22.3 Å². The smallest absolute Gasteiger partial charge is 0.407 e. The van der Waals surface area contributed by atoms with E-state index >= 15 is 0 Å². The Morgan fingerprint density at radius 1 is 1.12 bits per heavy atom. The van der Waals surface area contributed by atoms with Gasteiger partial charge in [-0.05, 0) is 28.7 Å². The van der Waals surface area contributed by atoms with Gasteiger partial charge in [0.05, 0.1) is 19.1 Å². The van der Waals surface area contributed by atoms with Gasteiger partial charge in [0.1, 0.15) is 12.6 Å². The highest BCUT2D eigenvalue weighted by Crippen LogP contribution is 2.44. The van der Waals surface area contributed by atoms with E-state index in [1.54, 1.807) is 6.92 Å². The van der Waals surface area contributed by atoms with Crippen LogP contribution < -0.4 is 5.32 Å². The molecule has 0 saturated carbocycles. The van der Waals surface area contributed by atoms with Crippen LogP contribution in [0, 0.1) is 5.92 Å². The number of nitrogens with one attached hydrogen (secondary N) is 1. The maximum absolute atomic E-state index is 13.0. The molecular weight excluding hydrogens is 424 g/mol. The largest absolute Gasteiger partial charge is 0.481 e. The van der Waals surface area contributed by atoms with Crippen molar-refractivity contribution >= 4 is 18.0 Å². The fourth-order valence-corrected chi connectivity index (χ4v) is 4.50. The standard InChI is InChI=1S/C25H28N2O6/c1-2-22(23(28)27-11-12-32-14-16(13-27)24(29)30)26-25(31)33-15-21-19-9-5-3-7-17(19)18-8-4-6-10-20(18)21/h3-10,16,21-22H,2,11-15H2,1H3,(H,26,31)(H,29,30)/t16?,22-/m1/s1. The molecule has 174 valence electrons. The molecule has 8 heteroatoms. The topological polar surface area (TPSA) is 105 Å². The molecule has 4 rings (SSSR count). The SMILES string of the molecule is CC[C@@H](NC(=O)OCC1c2ccccc2-c2ccccc21)C(=O)N1CCOCC(C(=O)O)C1. The first-order chi connectivity index (χ1) is 16.0. The molecule has 2 N–H and O–H groups in total. The lowest BCUT2D eigenvalue weighted by Gasteiger charge is -2.27. The summed E-state index contributed by atoms with van der Waals surface area (Å²) in [6.45, 7) is 2.60. The van der Waals surface area contributed by atoms with Crippen LogP contribution in [0.4, 0.5) is 4.79 Å². The summed E-state index contributed by atoms with van der Waals surface area (Å²) in [6, 6.07) is 15.3. The number of rotatable bonds is 6. The molecule has 0 spiro atoms. The zero-order valence-electron chi connectivity index (χ0n) is 18.5. The van der Waals surface area contributed by atoms with Gasteiger partial charge < -0.3 is 24.8 Å². The van der Waals surface area contributed by atoms with Crippen LogP contribution >= 0.6 is 0 Å². The maximum atomic E-state index is 13.0. The quantitative estimate of drug-likeness (QED) is 0.698. The third-order valence-corrected chi connectivity index (χ3v) is 6.27. The monoisotopic (exact) mass is 452 g/mol. The van der Waals surface area contributed by atoms with Gasteiger partial charge in [-0.3, -0.25) is 9.59 Å². The van der Waals surface area contributed by atoms with Gasteiger partial charge in [0, 0.05) is 19.0 Å². The number of carboxylic acids is 1. The Labute approximate surface area is 192 Å². The first-order valence-corrected chi connectivity index (χ1v) is 11.2. The van der Waals surface area contributed by atoms with Crippen molar-refractivity contribution in [2.24, 2.45) is 5.92 Å². The predicted octanol–water partition coefficient (Wildman–Crippen LogP) is 2.86. The molecule has 2 aromatic rings. The number of carboxylic acid groups (broad SMARTS) is 1. The Morgan fingerprint density at radius 3 is 2.36 bits per heavy atom. The Kier molecular flexibility index (Phi) is 6.93. The maximum Gasteiger partial charge on any atom is 0.407 e. The second-order valence-electron chi connectivity index (χ2n) is 8.33. The number of amides is 2. The summed E-state index contributed by atoms with van der Waals surface area (Å²) < 4.78 is 10.9. The summed E-state index contributed by atoms with van der Waals surface area (Å²) in [7, 11) is 0. The Hall–Kier alpha value is -3.39. The number of carbonyl (C=O) groups is 3. The predicted molar refractivity (Wildman–Crippen MR) is 121 cm³/mol. The molecule has 2 aromatic carbocycles. The normalized spacial score (nSPS) is 18.6. The Morgan fingerprint density at radius 2 is 1.76 bits per heavy atom. The molecule has 0 bridgehead atoms. The van der Waals surface area contributed by atoms with Crippen LogP contribution in [-0.4, -0.2) is 66.9 Å². The first-order valence-electron chi connectivity index (χ1n) is 11.2. The first kappa shape index (κ1) is 22.8. The number of nitrogens with zero attached hydrogens (tertiary/aromatic N) is 1. The summed E-state index contributed by atoms with van der Waals surface area (Å²) in [6.07, 6.45) is -0.309. The second-order valence-corrected chi connectivity index (χ2v) is 8.33. The van der Waals surface area contributed by atoms with Crippen molar-refractivity contribution in [1.82, 2.24) is 10.2 Å². The number of hydrogen-bond donors (Lipinski definition) is 2. The van der Waals surface area contributed by atoms with E-state index in [1.807, 2.05) is 36.4 Å². The van der Waals surface area contributed by atoms with E-state index in [9.17, 15) is 19.5 Å². The third kappa shape index (κ3) is 4.85. The number of ether oxygens (including phenoxy) is 2. The highest BCUT2D eigenvalue weighted by Gasteiger charge is 2.32. The highest BCUT2D eigenvalue weighted by atomic mass is 16.5. The van der Waals surface area contributed by atoms with E-state index < -0.39 is 24.0 Å². The molecule has 0 radical (unpaired) electrons. The third-order valence-electron chi connectivity index (χ3n) is 6.27. The van der Waals surface area contributed by atoms with Gasteiger partial charge >= 0.3 is 12.1 Å². The van der Waals surface area contributed by atoms with Crippen LogP contribution in [0.3, 0.4) is 0 Å². The van der Waals surface area contributed by atoms with Gasteiger partial charge in [-0.1, -0.05) is 55.5 Å². The molecule has 2 aliphatic rings. The van der Waals surface area contributed by atoms with E-state index in [2.05, 4.69) is 17.4 Å². The minimum atomic E-state index is -1.01.